The first-order valence-electron chi connectivity index (χ1n) is 10.3. The van der Waals surface area contributed by atoms with Crippen molar-refractivity contribution in [2.45, 2.75) is 25.8 Å². The molecule has 28 heavy (non-hydrogen) atoms. The molecule has 3 rings (SSSR count). The fraction of sp³-hybridized carbons (Fsp3) is 0.619. The van der Waals surface area contributed by atoms with Crippen LogP contribution < -0.4 is 10.1 Å². The normalized spacial score (nSPS) is 18.5. The molecule has 0 bridgehead atoms. The molecule has 2 fully saturated rings. The topological polar surface area (TPSA) is 65.1 Å². The first-order valence-corrected chi connectivity index (χ1v) is 10.3. The zero-order valence-electron chi connectivity index (χ0n) is 16.9. The summed E-state index contributed by atoms with van der Waals surface area (Å²) in [6, 6.07) is 8.20. The number of hydrogen-bond acceptors (Lipinski definition) is 5. The highest BCUT2D eigenvalue weighted by molar-refractivity contribution is 5.78. The second-order valence-corrected chi connectivity index (χ2v) is 7.59. The van der Waals surface area contributed by atoms with Crippen molar-refractivity contribution in [3.8, 4) is 5.75 Å². The van der Waals surface area contributed by atoms with E-state index in [1.54, 1.807) is 7.11 Å². The van der Waals surface area contributed by atoms with Crippen LogP contribution in [0.15, 0.2) is 24.3 Å². The summed E-state index contributed by atoms with van der Waals surface area (Å²) in [4.78, 5) is 30.2. The highest BCUT2D eigenvalue weighted by atomic mass is 16.5. The fourth-order valence-electron chi connectivity index (χ4n) is 3.79. The van der Waals surface area contributed by atoms with Gasteiger partial charge in [-0.05, 0) is 30.5 Å². The molecule has 154 valence electrons. The molecule has 7 nitrogen and oxygen atoms in total. The van der Waals surface area contributed by atoms with E-state index in [0.29, 0.717) is 19.5 Å². The molecule has 0 spiro atoms. The number of piperazine rings is 1. The zero-order valence-corrected chi connectivity index (χ0v) is 16.9. The second-order valence-electron chi connectivity index (χ2n) is 7.59. The van der Waals surface area contributed by atoms with Crippen LogP contribution in [0.5, 0.6) is 5.75 Å². The van der Waals surface area contributed by atoms with Gasteiger partial charge >= 0.3 is 0 Å². The van der Waals surface area contributed by atoms with Crippen LogP contribution in [-0.4, -0.2) is 86.0 Å². The van der Waals surface area contributed by atoms with Gasteiger partial charge in [0, 0.05) is 58.8 Å². The highest BCUT2D eigenvalue weighted by Crippen LogP contribution is 2.14. The molecule has 0 aliphatic carbocycles. The molecular formula is C21H32N4O3. The molecule has 0 aromatic heterocycles. The minimum Gasteiger partial charge on any atom is -0.497 e. The summed E-state index contributed by atoms with van der Waals surface area (Å²) in [5.74, 6) is 1.21. The summed E-state index contributed by atoms with van der Waals surface area (Å²) >= 11 is 0. The van der Waals surface area contributed by atoms with Gasteiger partial charge < -0.3 is 15.0 Å². The number of methoxy groups -OCH3 is 1. The Kier molecular flexibility index (Phi) is 7.68. The molecular weight excluding hydrogens is 356 g/mol. The lowest BCUT2D eigenvalue weighted by molar-refractivity contribution is -0.127. The van der Waals surface area contributed by atoms with Crippen LogP contribution in [0.1, 0.15) is 24.8 Å². The lowest BCUT2D eigenvalue weighted by atomic mass is 10.2. The van der Waals surface area contributed by atoms with Crippen molar-refractivity contribution in [2.24, 2.45) is 0 Å². The molecule has 2 amide bonds. The van der Waals surface area contributed by atoms with Crippen molar-refractivity contribution < 1.29 is 14.3 Å². The Balaban J connectivity index is 1.28. The Labute approximate surface area is 167 Å². The minimum atomic E-state index is 0.0800. The number of hydrogen-bond donors (Lipinski definition) is 1. The van der Waals surface area contributed by atoms with E-state index in [-0.39, 0.29) is 11.8 Å². The third-order valence-corrected chi connectivity index (χ3v) is 5.50. The van der Waals surface area contributed by atoms with Crippen molar-refractivity contribution >= 4 is 11.8 Å². The lowest BCUT2D eigenvalue weighted by Gasteiger charge is -2.34. The van der Waals surface area contributed by atoms with Crippen LogP contribution in [0.25, 0.3) is 0 Å². The summed E-state index contributed by atoms with van der Waals surface area (Å²) in [5.41, 5.74) is 1.28. The first kappa shape index (κ1) is 20.6. The second kappa shape index (κ2) is 10.4. The molecule has 2 aliphatic heterocycles. The Morgan fingerprint density at radius 1 is 1.07 bits per heavy atom. The van der Waals surface area contributed by atoms with Crippen molar-refractivity contribution in [1.82, 2.24) is 20.0 Å². The number of carbonyl (C=O) groups excluding carboxylic acids is 2. The van der Waals surface area contributed by atoms with E-state index in [1.165, 1.54) is 5.56 Å². The number of rotatable bonds is 9. The smallest absolute Gasteiger partial charge is 0.234 e. The van der Waals surface area contributed by atoms with Crippen LogP contribution in [0.2, 0.25) is 0 Å². The van der Waals surface area contributed by atoms with E-state index in [9.17, 15) is 9.59 Å². The van der Waals surface area contributed by atoms with E-state index in [4.69, 9.17) is 4.74 Å². The quantitative estimate of drug-likeness (QED) is 0.638. The predicted molar refractivity (Wildman–Crippen MR) is 108 cm³/mol. The maximum absolute atomic E-state index is 12.1. The number of benzene rings is 1. The zero-order chi connectivity index (χ0) is 19.8. The van der Waals surface area contributed by atoms with Gasteiger partial charge in [0.2, 0.25) is 11.8 Å². The number of carbonyl (C=O) groups is 2. The average Bonchev–Trinajstić information content (AvgIpc) is 3.12. The molecule has 2 saturated heterocycles. The van der Waals surface area contributed by atoms with E-state index in [1.807, 2.05) is 17.0 Å². The van der Waals surface area contributed by atoms with Gasteiger partial charge in [0.15, 0.2) is 0 Å². The van der Waals surface area contributed by atoms with Gasteiger partial charge in [-0.2, -0.15) is 0 Å². The van der Waals surface area contributed by atoms with Crippen molar-refractivity contribution in [3.05, 3.63) is 29.8 Å². The van der Waals surface area contributed by atoms with Crippen molar-refractivity contribution in [2.75, 3.05) is 59.5 Å². The van der Waals surface area contributed by atoms with Crippen LogP contribution in [0.4, 0.5) is 0 Å². The van der Waals surface area contributed by atoms with Crippen LogP contribution >= 0.6 is 0 Å². The Bertz CT molecular complexity index is 642. The number of nitrogens with zero attached hydrogens (tertiary/aromatic N) is 3. The maximum Gasteiger partial charge on any atom is 0.234 e. The van der Waals surface area contributed by atoms with Gasteiger partial charge in [-0.3, -0.25) is 19.4 Å². The molecule has 0 atom stereocenters. The first-order chi connectivity index (χ1) is 13.6. The number of amides is 2. The van der Waals surface area contributed by atoms with Gasteiger partial charge in [0.1, 0.15) is 5.75 Å². The number of ether oxygens (including phenoxy) is 1. The molecule has 2 aliphatic rings. The predicted octanol–water partition coefficient (Wildman–Crippen LogP) is 0.942. The third kappa shape index (κ3) is 6.21. The molecule has 1 N–H and O–H groups in total. The van der Waals surface area contributed by atoms with E-state index in [2.05, 4.69) is 27.2 Å². The monoisotopic (exact) mass is 388 g/mol. The maximum atomic E-state index is 12.1. The van der Waals surface area contributed by atoms with Crippen LogP contribution in [-0.2, 0) is 16.1 Å². The standard InChI is InChI=1S/C21H32N4O3/c1-28-19-7-5-18(6-8-19)16-23-12-14-24(15-13-23)17-20(26)22-9-3-11-25-10-2-4-21(25)27/h5-8H,2-4,9-17H2,1H3,(H,22,26). The Morgan fingerprint density at radius 2 is 1.79 bits per heavy atom. The number of likely N-dealkylation sites (tertiary alicyclic amines) is 1. The molecule has 0 unspecified atom stereocenters. The SMILES string of the molecule is COc1ccc(CN2CCN(CC(=O)NCCCN3CCCC3=O)CC2)cc1. The molecule has 7 heteroatoms. The molecule has 1 aromatic carbocycles. The van der Waals surface area contributed by atoms with Crippen LogP contribution in [0, 0.1) is 0 Å². The number of nitrogens with one attached hydrogen (secondary N) is 1. The molecule has 2 heterocycles. The van der Waals surface area contributed by atoms with Gasteiger partial charge in [-0.15, -0.1) is 0 Å². The minimum absolute atomic E-state index is 0.0800. The van der Waals surface area contributed by atoms with Crippen molar-refractivity contribution in [3.63, 3.8) is 0 Å². The Hall–Kier alpha value is -2.12. The average molecular weight is 389 g/mol. The van der Waals surface area contributed by atoms with E-state index < -0.39 is 0 Å². The van der Waals surface area contributed by atoms with E-state index >= 15 is 0 Å². The van der Waals surface area contributed by atoms with E-state index in [0.717, 1.165) is 64.4 Å². The third-order valence-electron chi connectivity index (χ3n) is 5.50. The molecule has 1 aromatic rings. The Morgan fingerprint density at radius 3 is 2.43 bits per heavy atom. The van der Waals surface area contributed by atoms with Gasteiger partial charge in [-0.25, -0.2) is 0 Å². The summed E-state index contributed by atoms with van der Waals surface area (Å²) in [7, 11) is 1.68. The lowest BCUT2D eigenvalue weighted by Crippen LogP contribution is -2.49. The van der Waals surface area contributed by atoms with Gasteiger partial charge in [0.25, 0.3) is 0 Å². The largest absolute Gasteiger partial charge is 0.497 e. The van der Waals surface area contributed by atoms with Crippen molar-refractivity contribution in [1.29, 1.82) is 0 Å². The fourth-order valence-corrected chi connectivity index (χ4v) is 3.79. The van der Waals surface area contributed by atoms with Gasteiger partial charge in [0.05, 0.1) is 13.7 Å². The summed E-state index contributed by atoms with van der Waals surface area (Å²) in [6.45, 7) is 7.40. The molecule has 0 radical (unpaired) electrons. The van der Waals surface area contributed by atoms with Crippen LogP contribution in [0.3, 0.4) is 0 Å². The van der Waals surface area contributed by atoms with Gasteiger partial charge in [-0.1, -0.05) is 12.1 Å². The summed E-state index contributed by atoms with van der Waals surface area (Å²) < 4.78 is 5.20. The molecule has 0 saturated carbocycles. The summed E-state index contributed by atoms with van der Waals surface area (Å²) in [6.07, 6.45) is 2.47. The highest BCUT2D eigenvalue weighted by Gasteiger charge is 2.20. The summed E-state index contributed by atoms with van der Waals surface area (Å²) in [5, 5.41) is 2.99.